The number of rotatable bonds is 4. The highest BCUT2D eigenvalue weighted by Crippen LogP contribution is 2.25. The molecule has 110 valence electrons. The molecule has 0 radical (unpaired) electrons. The van der Waals surface area contributed by atoms with Crippen LogP contribution in [0.5, 0.6) is 11.5 Å². The van der Waals surface area contributed by atoms with E-state index in [4.69, 9.17) is 15.2 Å². The molecular formula is C15H17N3O3. The fraction of sp³-hybridized carbons (Fsp3) is 0.200. The maximum absolute atomic E-state index is 12.3. The number of carbonyl (C=O) groups excluding carboxylic acids is 1. The van der Waals surface area contributed by atoms with Gasteiger partial charge in [0.15, 0.2) is 0 Å². The van der Waals surface area contributed by atoms with Crippen molar-refractivity contribution in [2.24, 2.45) is 0 Å². The van der Waals surface area contributed by atoms with Gasteiger partial charge < -0.3 is 20.5 Å². The van der Waals surface area contributed by atoms with Gasteiger partial charge >= 0.3 is 0 Å². The van der Waals surface area contributed by atoms with Gasteiger partial charge in [-0.2, -0.15) is 0 Å². The molecule has 3 N–H and O–H groups in total. The Kier molecular flexibility index (Phi) is 4.27. The van der Waals surface area contributed by atoms with Gasteiger partial charge in [0.05, 0.1) is 31.7 Å². The Morgan fingerprint density at radius 3 is 2.62 bits per heavy atom. The third-order valence-electron chi connectivity index (χ3n) is 3.04. The molecule has 0 saturated carbocycles. The third kappa shape index (κ3) is 3.22. The summed E-state index contributed by atoms with van der Waals surface area (Å²) in [7, 11) is 3.04. The molecule has 0 spiro atoms. The van der Waals surface area contributed by atoms with Crippen molar-refractivity contribution < 1.29 is 14.3 Å². The molecule has 0 aliphatic rings. The van der Waals surface area contributed by atoms with E-state index in [-0.39, 0.29) is 5.91 Å². The van der Waals surface area contributed by atoms with Crippen molar-refractivity contribution in [3.63, 3.8) is 0 Å². The normalized spacial score (nSPS) is 10.0. The van der Waals surface area contributed by atoms with Gasteiger partial charge in [-0.05, 0) is 36.8 Å². The average molecular weight is 287 g/mol. The lowest BCUT2D eigenvalue weighted by Gasteiger charge is -2.11. The number of nitrogens with two attached hydrogens (primary N) is 1. The van der Waals surface area contributed by atoms with Crippen LogP contribution in [0.15, 0.2) is 30.5 Å². The highest BCUT2D eigenvalue weighted by Gasteiger charge is 2.14. The van der Waals surface area contributed by atoms with Crippen LogP contribution in [0.1, 0.15) is 15.9 Å². The highest BCUT2D eigenvalue weighted by atomic mass is 16.5. The fourth-order valence-corrected chi connectivity index (χ4v) is 1.81. The second kappa shape index (κ2) is 6.13. The van der Waals surface area contributed by atoms with Crippen LogP contribution >= 0.6 is 0 Å². The number of carbonyl (C=O) groups is 1. The molecule has 21 heavy (non-hydrogen) atoms. The number of methoxy groups -OCH3 is 2. The number of hydrogen-bond acceptors (Lipinski definition) is 5. The quantitative estimate of drug-likeness (QED) is 0.900. The minimum Gasteiger partial charge on any atom is -0.497 e. The van der Waals surface area contributed by atoms with Gasteiger partial charge in [-0.1, -0.05) is 0 Å². The summed E-state index contributed by atoms with van der Waals surface area (Å²) in [5.74, 6) is 1.13. The number of pyridine rings is 1. The molecular weight excluding hydrogens is 270 g/mol. The van der Waals surface area contributed by atoms with Gasteiger partial charge in [0.25, 0.3) is 5.91 Å². The molecule has 2 aromatic rings. The lowest BCUT2D eigenvalue weighted by Crippen LogP contribution is -2.14. The zero-order chi connectivity index (χ0) is 15.4. The minimum absolute atomic E-state index is 0.331. The van der Waals surface area contributed by atoms with Crippen LogP contribution in [0, 0.1) is 6.92 Å². The van der Waals surface area contributed by atoms with Gasteiger partial charge in [-0.15, -0.1) is 0 Å². The maximum atomic E-state index is 12.3. The summed E-state index contributed by atoms with van der Waals surface area (Å²) >= 11 is 0. The van der Waals surface area contributed by atoms with Crippen molar-refractivity contribution >= 4 is 17.4 Å². The van der Waals surface area contributed by atoms with Crippen molar-refractivity contribution in [3.8, 4) is 11.5 Å². The number of benzene rings is 1. The number of ether oxygens (including phenoxy) is 2. The molecule has 0 aliphatic carbocycles. The Morgan fingerprint density at radius 1 is 1.24 bits per heavy atom. The number of nitrogens with zero attached hydrogens (tertiary/aromatic N) is 1. The topological polar surface area (TPSA) is 86.5 Å². The standard InChI is InChI=1S/C15H17N3O3/c1-9-6-14(17-8-12(9)16)18-15(19)11-7-10(20-2)4-5-13(11)21-3/h4-8H,16H2,1-3H3,(H,17,18,19). The Hall–Kier alpha value is -2.76. The first-order chi connectivity index (χ1) is 10.0. The van der Waals surface area contributed by atoms with E-state index in [9.17, 15) is 4.79 Å². The summed E-state index contributed by atoms with van der Waals surface area (Å²) in [5, 5.41) is 2.71. The lowest BCUT2D eigenvalue weighted by molar-refractivity contribution is 0.102. The number of nitrogen functional groups attached to an aromatic ring is 1. The lowest BCUT2D eigenvalue weighted by atomic mass is 10.1. The number of aromatic nitrogens is 1. The van der Waals surface area contributed by atoms with Gasteiger partial charge in [0, 0.05) is 0 Å². The van der Waals surface area contributed by atoms with Crippen LogP contribution in [0.25, 0.3) is 0 Å². The Bertz CT molecular complexity index is 671. The predicted octanol–water partition coefficient (Wildman–Crippen LogP) is 2.24. The van der Waals surface area contributed by atoms with E-state index in [1.807, 2.05) is 6.92 Å². The molecule has 6 nitrogen and oxygen atoms in total. The Balaban J connectivity index is 2.28. The molecule has 1 aromatic heterocycles. The Labute approximate surface area is 122 Å². The largest absolute Gasteiger partial charge is 0.497 e. The van der Waals surface area contributed by atoms with E-state index >= 15 is 0 Å². The van der Waals surface area contributed by atoms with Crippen molar-refractivity contribution in [1.82, 2.24) is 4.98 Å². The second-order valence-corrected chi connectivity index (χ2v) is 4.45. The molecule has 1 aromatic carbocycles. The average Bonchev–Trinajstić information content (AvgIpc) is 2.50. The minimum atomic E-state index is -0.331. The molecule has 2 rings (SSSR count). The van der Waals surface area contributed by atoms with Crippen LogP contribution in [0.4, 0.5) is 11.5 Å². The van der Waals surface area contributed by atoms with Crippen molar-refractivity contribution in [3.05, 3.63) is 41.6 Å². The molecule has 0 atom stereocenters. The zero-order valence-electron chi connectivity index (χ0n) is 12.1. The molecule has 0 fully saturated rings. The van der Waals surface area contributed by atoms with E-state index in [1.54, 1.807) is 24.3 Å². The van der Waals surface area contributed by atoms with E-state index in [2.05, 4.69) is 10.3 Å². The number of hydrogen-bond donors (Lipinski definition) is 2. The van der Waals surface area contributed by atoms with Crippen LogP contribution < -0.4 is 20.5 Å². The van der Waals surface area contributed by atoms with Crippen LogP contribution in [-0.2, 0) is 0 Å². The molecule has 0 bridgehead atoms. The fourth-order valence-electron chi connectivity index (χ4n) is 1.81. The zero-order valence-corrected chi connectivity index (χ0v) is 12.1. The smallest absolute Gasteiger partial charge is 0.260 e. The second-order valence-electron chi connectivity index (χ2n) is 4.45. The summed E-state index contributed by atoms with van der Waals surface area (Å²) in [6, 6.07) is 6.72. The van der Waals surface area contributed by atoms with E-state index < -0.39 is 0 Å². The molecule has 6 heteroatoms. The van der Waals surface area contributed by atoms with Gasteiger partial charge in [-0.3, -0.25) is 4.79 Å². The summed E-state index contributed by atoms with van der Waals surface area (Å²) in [4.78, 5) is 16.4. The number of amides is 1. The van der Waals surface area contributed by atoms with Crippen molar-refractivity contribution in [1.29, 1.82) is 0 Å². The van der Waals surface area contributed by atoms with E-state index in [0.717, 1.165) is 5.56 Å². The SMILES string of the molecule is COc1ccc(OC)c(C(=O)Nc2cc(C)c(N)cn2)c1. The third-order valence-corrected chi connectivity index (χ3v) is 3.04. The summed E-state index contributed by atoms with van der Waals surface area (Å²) in [6.07, 6.45) is 1.51. The van der Waals surface area contributed by atoms with Crippen LogP contribution in [0.2, 0.25) is 0 Å². The number of aryl methyl sites for hydroxylation is 1. The van der Waals surface area contributed by atoms with E-state index in [0.29, 0.717) is 28.6 Å². The van der Waals surface area contributed by atoms with E-state index in [1.165, 1.54) is 20.4 Å². The summed E-state index contributed by atoms with van der Waals surface area (Å²) in [6.45, 7) is 1.85. The maximum Gasteiger partial charge on any atom is 0.260 e. The van der Waals surface area contributed by atoms with Gasteiger partial charge in [-0.25, -0.2) is 4.98 Å². The van der Waals surface area contributed by atoms with Crippen molar-refractivity contribution in [2.75, 3.05) is 25.3 Å². The highest BCUT2D eigenvalue weighted by molar-refractivity contribution is 6.06. The molecule has 0 unspecified atom stereocenters. The monoisotopic (exact) mass is 287 g/mol. The number of nitrogens with one attached hydrogen (secondary N) is 1. The summed E-state index contributed by atoms with van der Waals surface area (Å²) < 4.78 is 10.3. The van der Waals surface area contributed by atoms with Crippen LogP contribution in [0.3, 0.4) is 0 Å². The molecule has 0 aliphatic heterocycles. The van der Waals surface area contributed by atoms with Crippen molar-refractivity contribution in [2.45, 2.75) is 6.92 Å². The Morgan fingerprint density at radius 2 is 2.00 bits per heavy atom. The van der Waals surface area contributed by atoms with Crippen LogP contribution in [-0.4, -0.2) is 25.1 Å². The molecule has 1 heterocycles. The first kappa shape index (κ1) is 14.6. The number of anilines is 2. The first-order valence-electron chi connectivity index (χ1n) is 6.30. The predicted molar refractivity (Wildman–Crippen MR) is 80.9 cm³/mol. The first-order valence-corrected chi connectivity index (χ1v) is 6.30. The van der Waals surface area contributed by atoms with Gasteiger partial charge in [0.2, 0.25) is 0 Å². The molecule has 1 amide bonds. The summed E-state index contributed by atoms with van der Waals surface area (Å²) in [5.41, 5.74) is 7.49. The molecule has 0 saturated heterocycles. The van der Waals surface area contributed by atoms with Gasteiger partial charge in [0.1, 0.15) is 17.3 Å².